The first-order chi connectivity index (χ1) is 8.25. The number of carbonyl (C=O) groups excluding carboxylic acids is 1. The fourth-order valence-corrected chi connectivity index (χ4v) is 3.51. The predicted octanol–water partition coefficient (Wildman–Crippen LogP) is 2.05. The summed E-state index contributed by atoms with van der Waals surface area (Å²) in [6, 6.07) is 0. The molecule has 2 saturated carbocycles. The maximum atomic E-state index is 12.1. The molecule has 0 amide bonds. The van der Waals surface area contributed by atoms with Crippen molar-refractivity contribution in [3.8, 4) is 0 Å². The van der Waals surface area contributed by atoms with Gasteiger partial charge >= 0.3 is 5.97 Å². The van der Waals surface area contributed by atoms with Gasteiger partial charge in [0.25, 0.3) is 0 Å². The van der Waals surface area contributed by atoms with E-state index < -0.39 is 0 Å². The standard InChI is InChI=1S/C14H20O3/c15-13-9-6-7-11(13)12(8-9)14(16)17-10-4-2-1-3-5-10/h6-7,9-13,15H,1-5,8H2. The van der Waals surface area contributed by atoms with E-state index in [0.717, 1.165) is 19.3 Å². The topological polar surface area (TPSA) is 46.5 Å². The van der Waals surface area contributed by atoms with Crippen molar-refractivity contribution >= 4 is 5.97 Å². The van der Waals surface area contributed by atoms with Crippen molar-refractivity contribution in [2.24, 2.45) is 17.8 Å². The van der Waals surface area contributed by atoms with E-state index in [2.05, 4.69) is 0 Å². The second-order valence-corrected chi connectivity index (χ2v) is 5.66. The van der Waals surface area contributed by atoms with Crippen molar-refractivity contribution in [2.75, 3.05) is 0 Å². The van der Waals surface area contributed by atoms with Crippen LogP contribution in [0.15, 0.2) is 12.2 Å². The highest BCUT2D eigenvalue weighted by Gasteiger charge is 2.48. The van der Waals surface area contributed by atoms with Crippen LogP contribution >= 0.6 is 0 Å². The van der Waals surface area contributed by atoms with Crippen LogP contribution in [0.2, 0.25) is 0 Å². The van der Waals surface area contributed by atoms with E-state index in [1.165, 1.54) is 19.3 Å². The summed E-state index contributed by atoms with van der Waals surface area (Å²) in [5.74, 6) is 0.0229. The lowest BCUT2D eigenvalue weighted by Gasteiger charge is -2.25. The minimum absolute atomic E-state index is 0.0103. The highest BCUT2D eigenvalue weighted by Crippen LogP contribution is 2.44. The first-order valence-corrected chi connectivity index (χ1v) is 6.82. The van der Waals surface area contributed by atoms with Gasteiger partial charge in [-0.1, -0.05) is 18.6 Å². The number of rotatable bonds is 2. The average molecular weight is 236 g/mol. The van der Waals surface area contributed by atoms with Crippen LogP contribution in [0.5, 0.6) is 0 Å². The maximum absolute atomic E-state index is 12.1. The van der Waals surface area contributed by atoms with Crippen LogP contribution in [0, 0.1) is 17.8 Å². The van der Waals surface area contributed by atoms with Gasteiger partial charge in [-0.2, -0.15) is 0 Å². The zero-order valence-corrected chi connectivity index (χ0v) is 10.0. The lowest BCUT2D eigenvalue weighted by atomic mass is 9.93. The van der Waals surface area contributed by atoms with Crippen LogP contribution in [0.1, 0.15) is 38.5 Å². The van der Waals surface area contributed by atoms with Crippen molar-refractivity contribution in [1.29, 1.82) is 0 Å². The second kappa shape index (κ2) is 4.45. The molecule has 3 heteroatoms. The number of carbonyl (C=O) groups is 1. The van der Waals surface area contributed by atoms with Crippen molar-refractivity contribution in [2.45, 2.75) is 50.7 Å². The normalized spacial score (nSPS) is 40.8. The molecular formula is C14H20O3. The summed E-state index contributed by atoms with van der Waals surface area (Å²) in [4.78, 5) is 12.1. The molecule has 17 heavy (non-hydrogen) atoms. The summed E-state index contributed by atoms with van der Waals surface area (Å²) < 4.78 is 5.59. The van der Waals surface area contributed by atoms with E-state index in [-0.39, 0.29) is 35.9 Å². The smallest absolute Gasteiger partial charge is 0.309 e. The van der Waals surface area contributed by atoms with Crippen molar-refractivity contribution in [3.63, 3.8) is 0 Å². The van der Waals surface area contributed by atoms with Gasteiger partial charge in [0.05, 0.1) is 12.0 Å². The predicted molar refractivity (Wildman–Crippen MR) is 63.2 cm³/mol. The molecule has 0 aromatic heterocycles. The molecule has 0 aliphatic heterocycles. The van der Waals surface area contributed by atoms with Gasteiger partial charge in [0.1, 0.15) is 6.10 Å². The maximum Gasteiger partial charge on any atom is 0.309 e. The molecule has 0 spiro atoms. The molecule has 0 radical (unpaired) electrons. The fraction of sp³-hybridized carbons (Fsp3) is 0.786. The summed E-state index contributed by atoms with van der Waals surface area (Å²) >= 11 is 0. The third-order valence-corrected chi connectivity index (χ3v) is 4.54. The van der Waals surface area contributed by atoms with Crippen LogP contribution in [0.4, 0.5) is 0 Å². The van der Waals surface area contributed by atoms with Crippen LogP contribution < -0.4 is 0 Å². The molecule has 4 unspecified atom stereocenters. The number of hydrogen-bond acceptors (Lipinski definition) is 3. The van der Waals surface area contributed by atoms with Crippen molar-refractivity contribution in [3.05, 3.63) is 12.2 Å². The number of ether oxygens (including phenoxy) is 1. The monoisotopic (exact) mass is 236 g/mol. The number of hydrogen-bond donors (Lipinski definition) is 1. The van der Waals surface area contributed by atoms with E-state index in [0.29, 0.717) is 0 Å². The summed E-state index contributed by atoms with van der Waals surface area (Å²) in [5, 5.41) is 9.88. The SMILES string of the molecule is O=C(OC1CCCCC1)C1CC2C=CC1C2O. The Balaban J connectivity index is 1.58. The summed E-state index contributed by atoms with van der Waals surface area (Å²) in [7, 11) is 0. The van der Waals surface area contributed by atoms with Gasteiger partial charge in [0, 0.05) is 11.8 Å². The summed E-state index contributed by atoms with van der Waals surface area (Å²) in [6.07, 6.45) is 10.3. The molecule has 0 heterocycles. The number of esters is 1. The van der Waals surface area contributed by atoms with E-state index in [9.17, 15) is 9.90 Å². The second-order valence-electron chi connectivity index (χ2n) is 5.66. The molecule has 3 rings (SSSR count). The van der Waals surface area contributed by atoms with Crippen LogP contribution in [-0.4, -0.2) is 23.3 Å². The molecule has 3 aliphatic carbocycles. The molecule has 0 saturated heterocycles. The van der Waals surface area contributed by atoms with Gasteiger partial charge < -0.3 is 9.84 Å². The first kappa shape index (κ1) is 11.3. The number of aliphatic hydroxyl groups excluding tert-OH is 1. The van der Waals surface area contributed by atoms with Gasteiger partial charge in [-0.3, -0.25) is 4.79 Å². The van der Waals surface area contributed by atoms with Crippen LogP contribution in [0.25, 0.3) is 0 Å². The van der Waals surface area contributed by atoms with E-state index in [1.807, 2.05) is 12.2 Å². The molecule has 4 atom stereocenters. The molecule has 94 valence electrons. The molecule has 0 aromatic rings. The minimum Gasteiger partial charge on any atom is -0.462 e. The quantitative estimate of drug-likeness (QED) is 0.589. The highest BCUT2D eigenvalue weighted by molar-refractivity contribution is 5.74. The van der Waals surface area contributed by atoms with Crippen LogP contribution in [0.3, 0.4) is 0 Å². The van der Waals surface area contributed by atoms with Crippen molar-refractivity contribution in [1.82, 2.24) is 0 Å². The Morgan fingerprint density at radius 3 is 2.53 bits per heavy atom. The molecule has 2 fully saturated rings. The van der Waals surface area contributed by atoms with E-state index in [1.54, 1.807) is 0 Å². The third-order valence-electron chi connectivity index (χ3n) is 4.54. The Morgan fingerprint density at radius 1 is 1.18 bits per heavy atom. The average Bonchev–Trinajstić information content (AvgIpc) is 2.86. The van der Waals surface area contributed by atoms with Gasteiger partial charge in [-0.25, -0.2) is 0 Å². The van der Waals surface area contributed by atoms with Crippen LogP contribution in [-0.2, 0) is 9.53 Å². The Bertz CT molecular complexity index is 330. The third kappa shape index (κ3) is 2.01. The lowest BCUT2D eigenvalue weighted by Crippen LogP contribution is -2.29. The zero-order chi connectivity index (χ0) is 11.8. The van der Waals surface area contributed by atoms with Crippen molar-refractivity contribution < 1.29 is 14.6 Å². The lowest BCUT2D eigenvalue weighted by molar-refractivity contribution is -0.156. The minimum atomic E-state index is -0.348. The van der Waals surface area contributed by atoms with Gasteiger partial charge in [0.15, 0.2) is 0 Å². The molecule has 3 nitrogen and oxygen atoms in total. The van der Waals surface area contributed by atoms with Gasteiger partial charge in [-0.05, 0) is 32.1 Å². The molecule has 1 N–H and O–H groups in total. The fourth-order valence-electron chi connectivity index (χ4n) is 3.51. The molecule has 0 aromatic carbocycles. The van der Waals surface area contributed by atoms with E-state index in [4.69, 9.17) is 4.74 Å². The Labute approximate surface area is 102 Å². The van der Waals surface area contributed by atoms with Gasteiger partial charge in [0.2, 0.25) is 0 Å². The molecular weight excluding hydrogens is 216 g/mol. The number of fused-ring (bicyclic) bond motifs is 2. The van der Waals surface area contributed by atoms with Gasteiger partial charge in [-0.15, -0.1) is 0 Å². The summed E-state index contributed by atoms with van der Waals surface area (Å²) in [5.41, 5.74) is 0. The Hall–Kier alpha value is -0.830. The molecule has 3 aliphatic rings. The highest BCUT2D eigenvalue weighted by atomic mass is 16.5. The van der Waals surface area contributed by atoms with E-state index >= 15 is 0 Å². The Morgan fingerprint density at radius 2 is 1.94 bits per heavy atom. The summed E-state index contributed by atoms with van der Waals surface area (Å²) in [6.45, 7) is 0. The molecule has 2 bridgehead atoms. The largest absolute Gasteiger partial charge is 0.462 e. The first-order valence-electron chi connectivity index (χ1n) is 6.82. The number of aliphatic hydroxyl groups is 1. The zero-order valence-electron chi connectivity index (χ0n) is 10.0. The Kier molecular flexibility index (Phi) is 2.95.